The van der Waals surface area contributed by atoms with Crippen LogP contribution in [0.4, 0.5) is 8.78 Å². The third-order valence-electron chi connectivity index (χ3n) is 2.35. The maximum atomic E-state index is 13.9. The summed E-state index contributed by atoms with van der Waals surface area (Å²) in [6, 6.07) is 7.34. The zero-order valence-electron chi connectivity index (χ0n) is 9.78. The molecule has 5 heteroatoms. The number of nitrogens with one attached hydrogen (secondary N) is 1. The number of pyridine rings is 1. The summed E-state index contributed by atoms with van der Waals surface area (Å²) in [4.78, 5) is 3.77. The molecule has 0 aliphatic carbocycles. The van der Waals surface area contributed by atoms with Crippen molar-refractivity contribution in [2.45, 2.75) is 6.54 Å². The van der Waals surface area contributed by atoms with Crippen molar-refractivity contribution in [3.8, 4) is 11.6 Å². The minimum absolute atomic E-state index is 0.0505. The molecule has 1 N–H and O–H groups in total. The van der Waals surface area contributed by atoms with Gasteiger partial charge in [0, 0.05) is 18.3 Å². The van der Waals surface area contributed by atoms with Gasteiger partial charge in [0.15, 0.2) is 17.4 Å². The van der Waals surface area contributed by atoms with Crippen molar-refractivity contribution in [3.63, 3.8) is 0 Å². The number of para-hydroxylation sites is 1. The molecule has 0 saturated carbocycles. The maximum Gasteiger partial charge on any atom is 0.256 e. The van der Waals surface area contributed by atoms with E-state index in [0.29, 0.717) is 12.1 Å². The van der Waals surface area contributed by atoms with Crippen LogP contribution in [-0.2, 0) is 6.54 Å². The Hall–Kier alpha value is -2.01. The van der Waals surface area contributed by atoms with E-state index >= 15 is 0 Å². The van der Waals surface area contributed by atoms with Crippen molar-refractivity contribution in [1.29, 1.82) is 0 Å². The quantitative estimate of drug-likeness (QED) is 0.906. The van der Waals surface area contributed by atoms with Gasteiger partial charge in [0.25, 0.3) is 5.88 Å². The van der Waals surface area contributed by atoms with Crippen LogP contribution in [0.25, 0.3) is 0 Å². The molecule has 0 unspecified atom stereocenters. The summed E-state index contributed by atoms with van der Waals surface area (Å²) in [6.07, 6.45) is 1.42. The van der Waals surface area contributed by atoms with Gasteiger partial charge in [-0.1, -0.05) is 12.1 Å². The minimum Gasteiger partial charge on any atom is -0.433 e. The van der Waals surface area contributed by atoms with Crippen LogP contribution in [-0.4, -0.2) is 12.0 Å². The van der Waals surface area contributed by atoms with Gasteiger partial charge in [-0.3, -0.25) is 0 Å². The lowest BCUT2D eigenvalue weighted by Gasteiger charge is -2.08. The normalized spacial score (nSPS) is 10.4. The summed E-state index contributed by atoms with van der Waals surface area (Å²) in [7, 11) is 1.71. The molecule has 0 fully saturated rings. The highest BCUT2D eigenvalue weighted by molar-refractivity contribution is 5.31. The molecule has 0 bridgehead atoms. The maximum absolute atomic E-state index is 13.9. The number of hydrogen-bond acceptors (Lipinski definition) is 3. The first-order valence-corrected chi connectivity index (χ1v) is 5.42. The smallest absolute Gasteiger partial charge is 0.256 e. The third-order valence-corrected chi connectivity index (χ3v) is 2.35. The molecule has 1 aromatic carbocycles. The predicted octanol–water partition coefficient (Wildman–Crippen LogP) is 2.87. The Balaban J connectivity index is 2.30. The molecular formula is C13H12F2N2O. The van der Waals surface area contributed by atoms with Crippen LogP contribution in [0.2, 0.25) is 0 Å². The molecular weight excluding hydrogens is 238 g/mol. The van der Waals surface area contributed by atoms with E-state index in [-0.39, 0.29) is 11.6 Å². The highest BCUT2D eigenvalue weighted by atomic mass is 19.1. The van der Waals surface area contributed by atoms with Gasteiger partial charge in [0.1, 0.15) is 0 Å². The number of rotatable bonds is 4. The Morgan fingerprint density at radius 2 is 2.00 bits per heavy atom. The standard InChI is InChI=1S/C13H12F2N2O/c1-16-8-9-6-7-17-13(12(9)15)18-11-5-3-2-4-10(11)14/h2-7,16H,8H2,1H3. The monoisotopic (exact) mass is 250 g/mol. The van der Waals surface area contributed by atoms with Gasteiger partial charge in [-0.2, -0.15) is 0 Å². The first-order valence-electron chi connectivity index (χ1n) is 5.42. The van der Waals surface area contributed by atoms with Gasteiger partial charge in [-0.25, -0.2) is 13.8 Å². The van der Waals surface area contributed by atoms with Crippen LogP contribution >= 0.6 is 0 Å². The Morgan fingerprint density at radius 1 is 1.22 bits per heavy atom. The number of benzene rings is 1. The third kappa shape index (κ3) is 2.62. The van der Waals surface area contributed by atoms with E-state index in [0.717, 1.165) is 0 Å². The van der Waals surface area contributed by atoms with Crippen LogP contribution in [0, 0.1) is 11.6 Å². The lowest BCUT2D eigenvalue weighted by molar-refractivity contribution is 0.395. The van der Waals surface area contributed by atoms with Gasteiger partial charge < -0.3 is 10.1 Å². The Morgan fingerprint density at radius 3 is 2.72 bits per heavy atom. The van der Waals surface area contributed by atoms with Gasteiger partial charge in [0.2, 0.25) is 0 Å². The fourth-order valence-electron chi connectivity index (χ4n) is 1.49. The lowest BCUT2D eigenvalue weighted by atomic mass is 10.2. The largest absolute Gasteiger partial charge is 0.433 e. The van der Waals surface area contributed by atoms with Gasteiger partial charge in [-0.05, 0) is 25.2 Å². The Kier molecular flexibility index (Phi) is 3.84. The molecule has 0 atom stereocenters. The molecule has 1 aromatic heterocycles. The summed E-state index contributed by atoms with van der Waals surface area (Å²) in [6.45, 7) is 0.349. The van der Waals surface area contributed by atoms with E-state index in [9.17, 15) is 8.78 Å². The second-order valence-corrected chi connectivity index (χ2v) is 3.65. The van der Waals surface area contributed by atoms with Crippen molar-refractivity contribution < 1.29 is 13.5 Å². The van der Waals surface area contributed by atoms with Gasteiger partial charge >= 0.3 is 0 Å². The fraction of sp³-hybridized carbons (Fsp3) is 0.154. The van der Waals surface area contributed by atoms with E-state index in [1.807, 2.05) is 0 Å². The number of aromatic nitrogens is 1. The summed E-state index contributed by atoms with van der Waals surface area (Å²) < 4.78 is 32.4. The molecule has 18 heavy (non-hydrogen) atoms. The van der Waals surface area contributed by atoms with Gasteiger partial charge in [0.05, 0.1) is 0 Å². The van der Waals surface area contributed by atoms with Crippen LogP contribution in [0.15, 0.2) is 36.5 Å². The summed E-state index contributed by atoms with van der Waals surface area (Å²) in [5.74, 6) is -1.42. The molecule has 0 radical (unpaired) electrons. The number of hydrogen-bond donors (Lipinski definition) is 1. The fourth-order valence-corrected chi connectivity index (χ4v) is 1.49. The zero-order chi connectivity index (χ0) is 13.0. The molecule has 0 aliphatic rings. The Labute approximate surface area is 103 Å². The number of ether oxygens (including phenoxy) is 1. The van der Waals surface area contributed by atoms with Gasteiger partial charge in [-0.15, -0.1) is 0 Å². The topological polar surface area (TPSA) is 34.2 Å². The van der Waals surface area contributed by atoms with Crippen molar-refractivity contribution in [2.24, 2.45) is 0 Å². The number of halogens is 2. The van der Waals surface area contributed by atoms with Crippen LogP contribution in [0.1, 0.15) is 5.56 Å². The van der Waals surface area contributed by atoms with Crippen LogP contribution in [0.5, 0.6) is 11.6 Å². The molecule has 2 rings (SSSR count). The molecule has 94 valence electrons. The highest BCUT2D eigenvalue weighted by Gasteiger charge is 2.12. The summed E-state index contributed by atoms with van der Waals surface area (Å²) >= 11 is 0. The second kappa shape index (κ2) is 5.55. The first-order chi connectivity index (χ1) is 8.72. The predicted molar refractivity (Wildman–Crippen MR) is 63.4 cm³/mol. The number of nitrogens with zero attached hydrogens (tertiary/aromatic N) is 1. The van der Waals surface area contributed by atoms with Crippen molar-refractivity contribution in [2.75, 3.05) is 7.05 Å². The molecule has 0 spiro atoms. The van der Waals surface area contributed by atoms with Crippen molar-refractivity contribution in [3.05, 3.63) is 53.7 Å². The molecule has 0 amide bonds. The molecule has 0 aliphatic heterocycles. The van der Waals surface area contributed by atoms with E-state index in [1.54, 1.807) is 19.2 Å². The second-order valence-electron chi connectivity index (χ2n) is 3.65. The van der Waals surface area contributed by atoms with E-state index in [4.69, 9.17) is 4.74 Å². The first kappa shape index (κ1) is 12.4. The lowest BCUT2D eigenvalue weighted by Crippen LogP contribution is -2.08. The SMILES string of the molecule is CNCc1ccnc(Oc2ccccc2F)c1F. The van der Waals surface area contributed by atoms with E-state index < -0.39 is 11.6 Å². The van der Waals surface area contributed by atoms with E-state index in [2.05, 4.69) is 10.3 Å². The van der Waals surface area contributed by atoms with Crippen molar-refractivity contribution >= 4 is 0 Å². The average molecular weight is 250 g/mol. The molecule has 1 heterocycles. The van der Waals surface area contributed by atoms with Crippen LogP contribution < -0.4 is 10.1 Å². The zero-order valence-corrected chi connectivity index (χ0v) is 9.78. The van der Waals surface area contributed by atoms with Crippen molar-refractivity contribution in [1.82, 2.24) is 10.3 Å². The summed E-state index contributed by atoms with van der Waals surface area (Å²) in [5.41, 5.74) is 0.416. The Bertz CT molecular complexity index is 546. The van der Waals surface area contributed by atoms with Crippen LogP contribution in [0.3, 0.4) is 0 Å². The average Bonchev–Trinajstić information content (AvgIpc) is 2.37. The minimum atomic E-state index is -0.588. The molecule has 2 aromatic rings. The summed E-state index contributed by atoms with van der Waals surface area (Å²) in [5, 5.41) is 2.83. The molecule has 3 nitrogen and oxygen atoms in total. The molecule has 0 saturated heterocycles. The highest BCUT2D eigenvalue weighted by Crippen LogP contribution is 2.25. The van der Waals surface area contributed by atoms with E-state index in [1.165, 1.54) is 24.4 Å².